The average molecular weight is 293 g/mol. The van der Waals surface area contributed by atoms with Crippen LogP contribution in [0.5, 0.6) is 11.5 Å². The molecule has 0 N–H and O–H groups in total. The third-order valence-electron chi connectivity index (χ3n) is 1.99. The van der Waals surface area contributed by atoms with Gasteiger partial charge in [-0.25, -0.2) is 9.37 Å². The van der Waals surface area contributed by atoms with Crippen molar-refractivity contribution in [3.8, 4) is 17.6 Å². The van der Waals surface area contributed by atoms with E-state index in [0.29, 0.717) is 16.0 Å². The normalized spacial score (nSPS) is 9.71. The molecule has 0 bridgehead atoms. The van der Waals surface area contributed by atoms with Crippen molar-refractivity contribution < 1.29 is 9.13 Å². The molecule has 0 radical (unpaired) electrons. The van der Waals surface area contributed by atoms with Crippen LogP contribution in [0.25, 0.3) is 0 Å². The van der Waals surface area contributed by atoms with Crippen LogP contribution < -0.4 is 4.74 Å². The molecule has 0 spiro atoms. The zero-order valence-corrected chi connectivity index (χ0v) is 10.1. The summed E-state index contributed by atoms with van der Waals surface area (Å²) >= 11 is 3.18. The molecule has 0 aliphatic carbocycles. The van der Waals surface area contributed by atoms with Crippen molar-refractivity contribution in [3.05, 3.63) is 52.5 Å². The number of hydrogen-bond donors (Lipinski definition) is 0. The van der Waals surface area contributed by atoms with Gasteiger partial charge in [0.25, 0.3) is 0 Å². The number of nitriles is 1. The molecule has 0 aliphatic heterocycles. The van der Waals surface area contributed by atoms with E-state index in [1.165, 1.54) is 24.4 Å². The van der Waals surface area contributed by atoms with Crippen LogP contribution >= 0.6 is 15.9 Å². The quantitative estimate of drug-likeness (QED) is 0.849. The third-order valence-corrected chi connectivity index (χ3v) is 2.61. The van der Waals surface area contributed by atoms with Crippen LogP contribution in [0.15, 0.2) is 41.0 Å². The summed E-state index contributed by atoms with van der Waals surface area (Å²) in [6.45, 7) is 0. The van der Waals surface area contributed by atoms with Gasteiger partial charge in [0.2, 0.25) is 0 Å². The number of rotatable bonds is 2. The van der Waals surface area contributed by atoms with Crippen molar-refractivity contribution in [2.24, 2.45) is 0 Å². The third kappa shape index (κ3) is 2.60. The summed E-state index contributed by atoms with van der Waals surface area (Å²) in [5, 5.41) is 8.85. The van der Waals surface area contributed by atoms with Crippen LogP contribution in [0.4, 0.5) is 4.39 Å². The number of hydrogen-bond acceptors (Lipinski definition) is 3. The highest BCUT2D eigenvalue weighted by Crippen LogP contribution is 2.30. The molecule has 17 heavy (non-hydrogen) atoms. The van der Waals surface area contributed by atoms with E-state index in [1.54, 1.807) is 12.1 Å². The zero-order chi connectivity index (χ0) is 12.3. The first-order chi connectivity index (χ1) is 8.20. The first kappa shape index (κ1) is 11.6. The second kappa shape index (κ2) is 4.93. The maximum absolute atomic E-state index is 12.9. The Morgan fingerprint density at radius 2 is 2.12 bits per heavy atom. The first-order valence-electron chi connectivity index (χ1n) is 4.69. The predicted molar refractivity (Wildman–Crippen MR) is 63.1 cm³/mol. The predicted octanol–water partition coefficient (Wildman–Crippen LogP) is 3.65. The van der Waals surface area contributed by atoms with Crippen LogP contribution in [0.2, 0.25) is 0 Å². The van der Waals surface area contributed by atoms with Crippen molar-refractivity contribution in [3.63, 3.8) is 0 Å². The first-order valence-corrected chi connectivity index (χ1v) is 5.48. The SMILES string of the molecule is N#Cc1ncccc1Oc1ccc(F)cc1Br. The molecule has 5 heteroatoms. The lowest BCUT2D eigenvalue weighted by Crippen LogP contribution is -1.91. The van der Waals surface area contributed by atoms with Crippen molar-refractivity contribution >= 4 is 15.9 Å². The van der Waals surface area contributed by atoms with E-state index >= 15 is 0 Å². The van der Waals surface area contributed by atoms with Crippen molar-refractivity contribution in [2.45, 2.75) is 0 Å². The summed E-state index contributed by atoms with van der Waals surface area (Å²) in [6.07, 6.45) is 1.51. The summed E-state index contributed by atoms with van der Waals surface area (Å²) in [5.74, 6) is 0.397. The second-order valence-corrected chi connectivity index (χ2v) is 3.99. The van der Waals surface area contributed by atoms with Gasteiger partial charge in [0, 0.05) is 6.20 Å². The van der Waals surface area contributed by atoms with Gasteiger partial charge < -0.3 is 4.74 Å². The van der Waals surface area contributed by atoms with E-state index in [0.717, 1.165) is 0 Å². The fourth-order valence-electron chi connectivity index (χ4n) is 1.23. The minimum Gasteiger partial charge on any atom is -0.453 e. The molecule has 1 aromatic carbocycles. The van der Waals surface area contributed by atoms with Gasteiger partial charge in [-0.1, -0.05) is 0 Å². The van der Waals surface area contributed by atoms with Crippen LogP contribution in [-0.4, -0.2) is 4.98 Å². The van der Waals surface area contributed by atoms with Crippen LogP contribution in [0, 0.1) is 17.1 Å². The molecule has 0 aliphatic rings. The average Bonchev–Trinajstić information content (AvgIpc) is 2.33. The fourth-order valence-corrected chi connectivity index (χ4v) is 1.67. The van der Waals surface area contributed by atoms with Crippen LogP contribution in [0.3, 0.4) is 0 Å². The molecule has 84 valence electrons. The lowest BCUT2D eigenvalue weighted by atomic mass is 10.3. The van der Waals surface area contributed by atoms with Gasteiger partial charge in [-0.15, -0.1) is 0 Å². The van der Waals surface area contributed by atoms with Gasteiger partial charge in [-0.2, -0.15) is 5.26 Å². The lowest BCUT2D eigenvalue weighted by Gasteiger charge is -2.08. The molecule has 3 nitrogen and oxygen atoms in total. The molecule has 0 saturated heterocycles. The second-order valence-electron chi connectivity index (χ2n) is 3.14. The van der Waals surface area contributed by atoms with Gasteiger partial charge >= 0.3 is 0 Å². The molecule has 0 unspecified atom stereocenters. The Morgan fingerprint density at radius 3 is 2.82 bits per heavy atom. The lowest BCUT2D eigenvalue weighted by molar-refractivity contribution is 0.473. The Bertz CT molecular complexity index is 595. The van der Waals surface area contributed by atoms with E-state index in [9.17, 15) is 4.39 Å². The van der Waals surface area contributed by atoms with Gasteiger partial charge in [0.1, 0.15) is 17.6 Å². The Balaban J connectivity index is 2.35. The van der Waals surface area contributed by atoms with Gasteiger partial charge in [0.05, 0.1) is 4.47 Å². The standard InChI is InChI=1S/C12H6BrFN2O/c13-9-6-8(14)3-4-11(9)17-12-2-1-5-16-10(12)7-15/h1-6H. The molecule has 1 heterocycles. The van der Waals surface area contributed by atoms with E-state index in [2.05, 4.69) is 20.9 Å². The van der Waals surface area contributed by atoms with Crippen molar-refractivity contribution in [1.82, 2.24) is 4.98 Å². The van der Waals surface area contributed by atoms with Crippen molar-refractivity contribution in [1.29, 1.82) is 5.26 Å². The Kier molecular flexibility index (Phi) is 3.35. The van der Waals surface area contributed by atoms with Crippen LogP contribution in [-0.2, 0) is 0 Å². The van der Waals surface area contributed by atoms with E-state index in [4.69, 9.17) is 10.00 Å². The molecule has 0 saturated carbocycles. The van der Waals surface area contributed by atoms with Crippen LogP contribution in [0.1, 0.15) is 5.69 Å². The number of aromatic nitrogens is 1. The Labute approximate surface area is 106 Å². The summed E-state index contributed by atoms with van der Waals surface area (Å²) in [5.41, 5.74) is 0.184. The monoisotopic (exact) mass is 292 g/mol. The summed E-state index contributed by atoms with van der Waals surface area (Å²) in [7, 11) is 0. The summed E-state index contributed by atoms with van der Waals surface area (Å²) < 4.78 is 18.8. The zero-order valence-electron chi connectivity index (χ0n) is 8.52. The molecule has 0 amide bonds. The molecule has 1 aromatic heterocycles. The van der Waals surface area contributed by atoms with Gasteiger partial charge in [0.15, 0.2) is 11.4 Å². The maximum atomic E-state index is 12.9. The van der Waals surface area contributed by atoms with E-state index in [-0.39, 0.29) is 11.5 Å². The number of nitrogens with zero attached hydrogens (tertiary/aromatic N) is 2. The number of halogens is 2. The number of ether oxygens (including phenoxy) is 1. The maximum Gasteiger partial charge on any atom is 0.183 e. The van der Waals surface area contributed by atoms with E-state index < -0.39 is 0 Å². The number of benzene rings is 1. The Hall–Kier alpha value is -1.93. The van der Waals surface area contributed by atoms with Gasteiger partial charge in [-0.3, -0.25) is 0 Å². The number of pyridine rings is 1. The largest absolute Gasteiger partial charge is 0.453 e. The van der Waals surface area contributed by atoms with Gasteiger partial charge in [-0.05, 0) is 46.3 Å². The summed E-state index contributed by atoms with van der Waals surface area (Å²) in [4.78, 5) is 3.87. The fraction of sp³-hybridized carbons (Fsp3) is 0. The molecular weight excluding hydrogens is 287 g/mol. The molecule has 2 rings (SSSR count). The smallest absolute Gasteiger partial charge is 0.183 e. The highest BCUT2D eigenvalue weighted by atomic mass is 79.9. The molecule has 0 atom stereocenters. The van der Waals surface area contributed by atoms with Crippen molar-refractivity contribution in [2.75, 3.05) is 0 Å². The Morgan fingerprint density at radius 1 is 1.29 bits per heavy atom. The van der Waals surface area contributed by atoms with E-state index in [1.807, 2.05) is 6.07 Å². The highest BCUT2D eigenvalue weighted by Gasteiger charge is 2.08. The summed E-state index contributed by atoms with van der Waals surface area (Å²) in [6, 6.07) is 9.26. The minimum absolute atomic E-state index is 0.184. The highest BCUT2D eigenvalue weighted by molar-refractivity contribution is 9.10. The molecular formula is C12H6BrFN2O. The molecule has 0 fully saturated rings. The minimum atomic E-state index is -0.365. The molecule has 2 aromatic rings. The topological polar surface area (TPSA) is 45.9 Å².